The average molecular weight is 694 g/mol. The van der Waals surface area contributed by atoms with Crippen LogP contribution in [0.15, 0.2) is 197 Å². The average Bonchev–Trinajstić information content (AvgIpc) is 3.92. The van der Waals surface area contributed by atoms with E-state index in [-0.39, 0.29) is 0 Å². The number of nitrogens with zero attached hydrogens (tertiary/aromatic N) is 3. The Morgan fingerprint density at radius 2 is 1.06 bits per heavy atom. The minimum absolute atomic E-state index is 0.593. The van der Waals surface area contributed by atoms with Gasteiger partial charge in [-0.3, -0.25) is 0 Å². The van der Waals surface area contributed by atoms with Gasteiger partial charge in [0.05, 0.1) is 16.7 Å². The molecule has 0 saturated carbocycles. The van der Waals surface area contributed by atoms with Crippen LogP contribution >= 0.6 is 0 Å². The molecule has 0 aliphatic rings. The van der Waals surface area contributed by atoms with Crippen molar-refractivity contribution < 1.29 is 8.83 Å². The van der Waals surface area contributed by atoms with Crippen LogP contribution in [0, 0.1) is 0 Å². The lowest BCUT2D eigenvalue weighted by atomic mass is 10.0. The monoisotopic (exact) mass is 693 g/mol. The highest BCUT2D eigenvalue weighted by Gasteiger charge is 2.22. The van der Waals surface area contributed by atoms with Gasteiger partial charge >= 0.3 is 0 Å². The van der Waals surface area contributed by atoms with Crippen LogP contribution in [0.1, 0.15) is 0 Å². The van der Waals surface area contributed by atoms with Crippen LogP contribution in [0.2, 0.25) is 0 Å². The van der Waals surface area contributed by atoms with Crippen LogP contribution in [-0.2, 0) is 0 Å². The molecule has 5 nitrogen and oxygen atoms in total. The van der Waals surface area contributed by atoms with E-state index in [2.05, 4.69) is 161 Å². The fourth-order valence-electron chi connectivity index (χ4n) is 7.94. The van der Waals surface area contributed by atoms with Gasteiger partial charge in [-0.2, -0.15) is 0 Å². The summed E-state index contributed by atoms with van der Waals surface area (Å²) in [6, 6.07) is 65.8. The summed E-state index contributed by atoms with van der Waals surface area (Å²) < 4.78 is 15.1. The highest BCUT2D eigenvalue weighted by atomic mass is 16.4. The summed E-state index contributed by atoms with van der Waals surface area (Å²) in [5, 5.41) is 4.38. The molecule has 0 unspecified atom stereocenters. The summed E-state index contributed by atoms with van der Waals surface area (Å²) in [7, 11) is 0. The van der Waals surface area contributed by atoms with Gasteiger partial charge in [0.15, 0.2) is 5.58 Å². The van der Waals surface area contributed by atoms with E-state index in [1.807, 2.05) is 36.4 Å². The summed E-state index contributed by atoms with van der Waals surface area (Å²) >= 11 is 0. The quantitative estimate of drug-likeness (QED) is 0.174. The standard InChI is InChI=1S/C49H31N3O2/c1-4-14-32(15-5-1)37-20-10-12-22-43(37)51(35-24-26-45-39(28-35)38-21-11-13-23-44(38)52(45)34-18-8-3-9-19-34)36-25-27-46-40(29-36)41-30-48-42(31-47(41)53-46)50-49(54-48)33-16-6-2-7-17-33/h1-31H. The fourth-order valence-corrected chi connectivity index (χ4v) is 7.94. The molecule has 254 valence electrons. The highest BCUT2D eigenvalue weighted by Crippen LogP contribution is 2.45. The first kappa shape index (κ1) is 30.3. The maximum absolute atomic E-state index is 6.46. The van der Waals surface area contributed by atoms with E-state index in [0.717, 1.165) is 78.0 Å². The molecule has 0 amide bonds. The molecule has 3 aromatic heterocycles. The van der Waals surface area contributed by atoms with E-state index in [9.17, 15) is 0 Å². The highest BCUT2D eigenvalue weighted by molar-refractivity contribution is 6.12. The van der Waals surface area contributed by atoms with E-state index in [0.29, 0.717) is 5.89 Å². The predicted octanol–water partition coefficient (Wildman–Crippen LogP) is 13.6. The Balaban J connectivity index is 1.14. The summed E-state index contributed by atoms with van der Waals surface area (Å²) in [4.78, 5) is 7.17. The second-order valence-electron chi connectivity index (χ2n) is 13.6. The van der Waals surface area contributed by atoms with Crippen LogP contribution in [-0.4, -0.2) is 9.55 Å². The summed E-state index contributed by atoms with van der Waals surface area (Å²) in [5.74, 6) is 0.593. The molecule has 0 bridgehead atoms. The molecule has 0 fully saturated rings. The van der Waals surface area contributed by atoms with Gasteiger partial charge in [0, 0.05) is 55.8 Å². The first-order chi connectivity index (χ1) is 26.8. The zero-order valence-electron chi connectivity index (χ0n) is 29.1. The Morgan fingerprint density at radius 1 is 0.426 bits per heavy atom. The Labute approximate surface area is 310 Å². The maximum Gasteiger partial charge on any atom is 0.227 e. The van der Waals surface area contributed by atoms with Crippen LogP contribution in [0.4, 0.5) is 17.1 Å². The van der Waals surface area contributed by atoms with Crippen molar-refractivity contribution in [3.05, 3.63) is 188 Å². The lowest BCUT2D eigenvalue weighted by Gasteiger charge is -2.28. The van der Waals surface area contributed by atoms with Crippen molar-refractivity contribution in [1.82, 2.24) is 9.55 Å². The number of furan rings is 1. The molecular weight excluding hydrogens is 663 g/mol. The third kappa shape index (κ3) is 4.83. The van der Waals surface area contributed by atoms with Crippen LogP contribution in [0.3, 0.4) is 0 Å². The number of fused-ring (bicyclic) bond motifs is 7. The molecule has 11 aromatic rings. The Morgan fingerprint density at radius 3 is 1.87 bits per heavy atom. The maximum atomic E-state index is 6.46. The van der Waals surface area contributed by atoms with Crippen molar-refractivity contribution in [2.45, 2.75) is 0 Å². The number of rotatable bonds is 6. The molecule has 0 aliphatic heterocycles. The number of oxazole rings is 1. The number of hydrogen-bond donors (Lipinski definition) is 0. The topological polar surface area (TPSA) is 47.3 Å². The minimum atomic E-state index is 0.593. The summed E-state index contributed by atoms with van der Waals surface area (Å²) in [6.45, 7) is 0. The van der Waals surface area contributed by atoms with Crippen molar-refractivity contribution in [2.24, 2.45) is 0 Å². The number of anilines is 3. The van der Waals surface area contributed by atoms with Gasteiger partial charge in [0.25, 0.3) is 0 Å². The lowest BCUT2D eigenvalue weighted by Crippen LogP contribution is -2.11. The lowest BCUT2D eigenvalue weighted by molar-refractivity contribution is 0.620. The van der Waals surface area contributed by atoms with Crippen molar-refractivity contribution in [3.63, 3.8) is 0 Å². The van der Waals surface area contributed by atoms with Crippen molar-refractivity contribution in [2.75, 3.05) is 4.90 Å². The molecule has 0 spiro atoms. The zero-order chi connectivity index (χ0) is 35.6. The summed E-state index contributed by atoms with van der Waals surface area (Å²) in [6.07, 6.45) is 0. The first-order valence-electron chi connectivity index (χ1n) is 18.1. The van der Waals surface area contributed by atoms with Crippen LogP contribution in [0.25, 0.3) is 83.1 Å². The van der Waals surface area contributed by atoms with E-state index in [4.69, 9.17) is 13.8 Å². The van der Waals surface area contributed by atoms with E-state index < -0.39 is 0 Å². The Kier molecular flexibility index (Phi) is 6.79. The number of benzene rings is 8. The fraction of sp³-hybridized carbons (Fsp3) is 0. The van der Waals surface area contributed by atoms with Gasteiger partial charge in [-0.05, 0) is 84.4 Å². The molecule has 3 heterocycles. The van der Waals surface area contributed by atoms with Crippen LogP contribution in [0.5, 0.6) is 0 Å². The molecule has 0 N–H and O–H groups in total. The molecule has 0 saturated heterocycles. The van der Waals surface area contributed by atoms with E-state index >= 15 is 0 Å². The smallest absolute Gasteiger partial charge is 0.227 e. The van der Waals surface area contributed by atoms with Gasteiger partial charge in [-0.1, -0.05) is 103 Å². The minimum Gasteiger partial charge on any atom is -0.456 e. The first-order valence-corrected chi connectivity index (χ1v) is 18.1. The molecule has 0 aliphatic carbocycles. The molecule has 8 aromatic carbocycles. The molecule has 0 radical (unpaired) electrons. The zero-order valence-corrected chi connectivity index (χ0v) is 29.1. The largest absolute Gasteiger partial charge is 0.456 e. The van der Waals surface area contributed by atoms with Crippen molar-refractivity contribution >= 4 is 71.9 Å². The van der Waals surface area contributed by atoms with Crippen molar-refractivity contribution in [1.29, 1.82) is 0 Å². The van der Waals surface area contributed by atoms with E-state index in [1.54, 1.807) is 0 Å². The Hall–Kier alpha value is -7.37. The third-order valence-corrected chi connectivity index (χ3v) is 10.4. The number of hydrogen-bond acceptors (Lipinski definition) is 4. The second kappa shape index (κ2) is 12.1. The molecule has 11 rings (SSSR count). The van der Waals surface area contributed by atoms with E-state index in [1.165, 1.54) is 16.3 Å². The Bertz CT molecular complexity index is 3160. The molecule has 5 heteroatoms. The number of aromatic nitrogens is 2. The summed E-state index contributed by atoms with van der Waals surface area (Å²) in [5.41, 5.74) is 12.9. The third-order valence-electron chi connectivity index (χ3n) is 10.4. The van der Waals surface area contributed by atoms with Gasteiger partial charge < -0.3 is 18.3 Å². The molecule has 54 heavy (non-hydrogen) atoms. The van der Waals surface area contributed by atoms with Crippen LogP contribution < -0.4 is 4.90 Å². The predicted molar refractivity (Wildman–Crippen MR) is 221 cm³/mol. The van der Waals surface area contributed by atoms with Gasteiger partial charge in [0.1, 0.15) is 16.7 Å². The molecule has 0 atom stereocenters. The SMILES string of the molecule is c1ccc(-c2nc3cc4oc5ccc(N(c6ccc7c(c6)c6ccccc6n7-c6ccccc6)c6ccccc6-c6ccccc6)cc5c4cc3o2)cc1. The number of para-hydroxylation sites is 3. The second-order valence-corrected chi connectivity index (χ2v) is 13.6. The molecular formula is C49H31N3O2. The van der Waals surface area contributed by atoms with Gasteiger partial charge in [-0.25, -0.2) is 4.98 Å². The normalized spacial score (nSPS) is 11.7. The van der Waals surface area contributed by atoms with Crippen molar-refractivity contribution in [3.8, 4) is 28.3 Å². The van der Waals surface area contributed by atoms with Gasteiger partial charge in [0.2, 0.25) is 5.89 Å². The van der Waals surface area contributed by atoms with Gasteiger partial charge in [-0.15, -0.1) is 0 Å².